The van der Waals surface area contributed by atoms with Crippen LogP contribution in [-0.2, 0) is 11.3 Å². The van der Waals surface area contributed by atoms with E-state index in [1.807, 2.05) is 43.1 Å². The van der Waals surface area contributed by atoms with E-state index in [1.165, 1.54) is 0 Å². The van der Waals surface area contributed by atoms with Crippen molar-refractivity contribution in [2.75, 3.05) is 33.2 Å². The first-order valence-corrected chi connectivity index (χ1v) is 8.81. The lowest BCUT2D eigenvalue weighted by Crippen LogP contribution is -2.41. The number of carbonyl (C=O) groups is 1. The highest BCUT2D eigenvalue weighted by Crippen LogP contribution is 2.20. The molecule has 1 unspecified atom stereocenters. The fourth-order valence-electron chi connectivity index (χ4n) is 2.96. The van der Waals surface area contributed by atoms with Crippen LogP contribution in [-0.4, -0.2) is 48.9 Å². The van der Waals surface area contributed by atoms with Crippen molar-refractivity contribution in [1.29, 1.82) is 0 Å². The number of rotatable bonds is 10. The van der Waals surface area contributed by atoms with Gasteiger partial charge in [-0.15, -0.1) is 0 Å². The van der Waals surface area contributed by atoms with Gasteiger partial charge in [0.1, 0.15) is 17.3 Å². The first kappa shape index (κ1) is 19.3. The summed E-state index contributed by atoms with van der Waals surface area (Å²) in [6, 6.07) is 7.76. The van der Waals surface area contributed by atoms with Crippen LogP contribution in [0.1, 0.15) is 37.2 Å². The van der Waals surface area contributed by atoms with Gasteiger partial charge < -0.3 is 14.2 Å². The van der Waals surface area contributed by atoms with Gasteiger partial charge in [-0.3, -0.25) is 14.6 Å². The van der Waals surface area contributed by atoms with Crippen molar-refractivity contribution in [3.8, 4) is 0 Å². The number of nitrogens with one attached hydrogen (secondary N) is 1. The Hall–Kier alpha value is -2.05. The van der Waals surface area contributed by atoms with E-state index >= 15 is 0 Å². The molecule has 2 aromatic heterocycles. The molecule has 1 N–H and O–H groups in total. The Bertz CT molecular complexity index is 632. The average molecular weight is 347 g/mol. The molecule has 0 fully saturated rings. The summed E-state index contributed by atoms with van der Waals surface area (Å²) >= 11 is 0. The number of nitrogens with zero attached hydrogens (tertiary/aromatic N) is 2. The molecule has 2 aromatic rings. The summed E-state index contributed by atoms with van der Waals surface area (Å²) in [5.41, 5.74) is 0. The molecule has 0 aromatic carbocycles. The van der Waals surface area contributed by atoms with Crippen LogP contribution in [0.15, 0.2) is 39.4 Å². The molecule has 138 valence electrons. The molecular weight excluding hydrogens is 318 g/mol. The van der Waals surface area contributed by atoms with Crippen LogP contribution >= 0.6 is 0 Å². The van der Waals surface area contributed by atoms with Crippen LogP contribution in [0.5, 0.6) is 0 Å². The highest BCUT2D eigenvalue weighted by molar-refractivity contribution is 5.78. The zero-order valence-electron chi connectivity index (χ0n) is 15.6. The standard InChI is InChI=1S/C19H29N3O3/c1-5-22(6-2)17(18-8-7-11-24-18)12-20-19(23)14-21(4)13-16-10-9-15(3)25-16/h7-11,17H,5-6,12-14H2,1-4H3,(H,20,23). The smallest absolute Gasteiger partial charge is 0.234 e. The van der Waals surface area contributed by atoms with Crippen LogP contribution in [0.3, 0.4) is 0 Å². The minimum absolute atomic E-state index is 0.00510. The summed E-state index contributed by atoms with van der Waals surface area (Å²) in [7, 11) is 1.91. The van der Waals surface area contributed by atoms with Gasteiger partial charge in [0.05, 0.1) is 25.4 Å². The van der Waals surface area contributed by atoms with Gasteiger partial charge in [-0.2, -0.15) is 0 Å². The van der Waals surface area contributed by atoms with Crippen molar-refractivity contribution < 1.29 is 13.6 Å². The third kappa shape index (κ3) is 5.76. The number of hydrogen-bond acceptors (Lipinski definition) is 5. The number of hydrogen-bond donors (Lipinski definition) is 1. The van der Waals surface area contributed by atoms with Crippen LogP contribution < -0.4 is 5.32 Å². The molecule has 0 bridgehead atoms. The Balaban J connectivity index is 1.85. The Labute approximate surface area is 149 Å². The molecule has 0 aliphatic heterocycles. The Kier molecular flexibility index (Phi) is 7.28. The van der Waals surface area contributed by atoms with Gasteiger partial charge in [-0.05, 0) is 51.3 Å². The number of likely N-dealkylation sites (N-methyl/N-ethyl adjacent to an activating group) is 2. The molecule has 6 heteroatoms. The highest BCUT2D eigenvalue weighted by Gasteiger charge is 2.21. The second-order valence-electron chi connectivity index (χ2n) is 6.24. The van der Waals surface area contributed by atoms with Gasteiger partial charge in [0.2, 0.25) is 5.91 Å². The monoisotopic (exact) mass is 347 g/mol. The SMILES string of the molecule is CCN(CC)C(CNC(=O)CN(C)Cc1ccc(C)o1)c1ccco1. The summed E-state index contributed by atoms with van der Waals surface area (Å²) in [4.78, 5) is 16.5. The molecule has 2 rings (SSSR count). The predicted molar refractivity (Wildman–Crippen MR) is 97.2 cm³/mol. The van der Waals surface area contributed by atoms with Gasteiger partial charge in [0.25, 0.3) is 0 Å². The Morgan fingerprint density at radius 1 is 1.24 bits per heavy atom. The lowest BCUT2D eigenvalue weighted by Gasteiger charge is -2.28. The third-order valence-electron chi connectivity index (χ3n) is 4.25. The maximum Gasteiger partial charge on any atom is 0.234 e. The normalized spacial score (nSPS) is 12.7. The molecule has 0 spiro atoms. The molecular formula is C19H29N3O3. The fraction of sp³-hybridized carbons (Fsp3) is 0.526. The summed E-state index contributed by atoms with van der Waals surface area (Å²) in [5.74, 6) is 2.62. The second kappa shape index (κ2) is 9.44. The predicted octanol–water partition coefficient (Wildman–Crippen LogP) is 2.81. The molecule has 0 radical (unpaired) electrons. The maximum absolute atomic E-state index is 12.3. The molecule has 0 saturated heterocycles. The van der Waals surface area contributed by atoms with Crippen molar-refractivity contribution in [3.63, 3.8) is 0 Å². The van der Waals surface area contributed by atoms with Crippen molar-refractivity contribution in [2.24, 2.45) is 0 Å². The molecule has 6 nitrogen and oxygen atoms in total. The Morgan fingerprint density at radius 3 is 2.56 bits per heavy atom. The van der Waals surface area contributed by atoms with Crippen LogP contribution in [0.25, 0.3) is 0 Å². The third-order valence-corrected chi connectivity index (χ3v) is 4.25. The molecule has 25 heavy (non-hydrogen) atoms. The molecule has 1 amide bonds. The van der Waals surface area contributed by atoms with Crippen LogP contribution in [0.2, 0.25) is 0 Å². The minimum atomic E-state index is -0.00510. The van der Waals surface area contributed by atoms with E-state index in [1.54, 1.807) is 6.26 Å². The highest BCUT2D eigenvalue weighted by atomic mass is 16.3. The first-order chi connectivity index (χ1) is 12.0. The first-order valence-electron chi connectivity index (χ1n) is 8.81. The quantitative estimate of drug-likeness (QED) is 0.716. The molecule has 1 atom stereocenters. The van der Waals surface area contributed by atoms with E-state index in [9.17, 15) is 4.79 Å². The minimum Gasteiger partial charge on any atom is -0.468 e. The number of aryl methyl sites for hydroxylation is 1. The number of carbonyl (C=O) groups excluding carboxylic acids is 1. The molecule has 2 heterocycles. The number of furan rings is 2. The summed E-state index contributed by atoms with van der Waals surface area (Å²) in [6.45, 7) is 9.40. The van der Waals surface area contributed by atoms with E-state index in [0.717, 1.165) is 30.4 Å². The zero-order chi connectivity index (χ0) is 18.2. The van der Waals surface area contributed by atoms with Crippen molar-refractivity contribution in [2.45, 2.75) is 33.4 Å². The van der Waals surface area contributed by atoms with Crippen LogP contribution in [0, 0.1) is 6.92 Å². The van der Waals surface area contributed by atoms with E-state index < -0.39 is 0 Å². The summed E-state index contributed by atoms with van der Waals surface area (Å²) in [6.07, 6.45) is 1.67. The molecule has 0 aliphatic rings. The number of amides is 1. The fourth-order valence-corrected chi connectivity index (χ4v) is 2.96. The Morgan fingerprint density at radius 2 is 2.00 bits per heavy atom. The van der Waals surface area contributed by atoms with E-state index in [-0.39, 0.29) is 11.9 Å². The zero-order valence-corrected chi connectivity index (χ0v) is 15.6. The topological polar surface area (TPSA) is 61.9 Å². The van der Waals surface area contributed by atoms with Gasteiger partial charge >= 0.3 is 0 Å². The van der Waals surface area contributed by atoms with E-state index in [0.29, 0.717) is 19.6 Å². The molecule has 0 saturated carbocycles. The summed E-state index contributed by atoms with van der Waals surface area (Å²) < 4.78 is 11.1. The van der Waals surface area contributed by atoms with E-state index in [4.69, 9.17) is 8.83 Å². The molecule has 0 aliphatic carbocycles. The average Bonchev–Trinajstić information content (AvgIpc) is 3.23. The maximum atomic E-state index is 12.3. The van der Waals surface area contributed by atoms with Crippen molar-refractivity contribution in [3.05, 3.63) is 47.8 Å². The summed E-state index contributed by atoms with van der Waals surface area (Å²) in [5, 5.41) is 3.03. The largest absolute Gasteiger partial charge is 0.468 e. The second-order valence-corrected chi connectivity index (χ2v) is 6.24. The lowest BCUT2D eigenvalue weighted by atomic mass is 10.2. The van der Waals surface area contributed by atoms with Gasteiger partial charge in [-0.1, -0.05) is 13.8 Å². The van der Waals surface area contributed by atoms with Crippen LogP contribution in [0.4, 0.5) is 0 Å². The van der Waals surface area contributed by atoms with E-state index in [2.05, 4.69) is 24.1 Å². The van der Waals surface area contributed by atoms with Crippen molar-refractivity contribution >= 4 is 5.91 Å². The van der Waals surface area contributed by atoms with Gasteiger partial charge in [0.15, 0.2) is 0 Å². The van der Waals surface area contributed by atoms with Gasteiger partial charge in [0, 0.05) is 6.54 Å². The van der Waals surface area contributed by atoms with Gasteiger partial charge in [-0.25, -0.2) is 0 Å². The van der Waals surface area contributed by atoms with Crippen molar-refractivity contribution in [1.82, 2.24) is 15.1 Å². The lowest BCUT2D eigenvalue weighted by molar-refractivity contribution is -0.122.